The van der Waals surface area contributed by atoms with E-state index in [4.69, 9.17) is 16.3 Å². The van der Waals surface area contributed by atoms with Crippen LogP contribution in [-0.4, -0.2) is 27.7 Å². The normalized spacial score (nSPS) is 10.1. The minimum Gasteiger partial charge on any atom is -0.491 e. The van der Waals surface area contributed by atoms with Crippen LogP contribution in [-0.2, 0) is 4.79 Å². The minimum absolute atomic E-state index is 0.200. The standard InChI is InChI=1S/C11H11ClN4O2/c12-8-3-1-2-4-9(8)18-6-5-10(17)15-11-13-7-14-16-11/h1-4,7H,5-6H2,(H2,13,14,15,16,17). The summed E-state index contributed by atoms with van der Waals surface area (Å²) in [6.45, 7) is 0.240. The summed E-state index contributed by atoms with van der Waals surface area (Å²) in [5, 5.41) is 9.21. The first-order chi connectivity index (χ1) is 8.75. The SMILES string of the molecule is O=C(CCOc1ccccc1Cl)Nc1ncn[nH]1. The van der Waals surface area contributed by atoms with Crippen molar-refractivity contribution in [3.63, 3.8) is 0 Å². The van der Waals surface area contributed by atoms with Crippen LogP contribution < -0.4 is 10.1 Å². The van der Waals surface area contributed by atoms with E-state index in [-0.39, 0.29) is 18.9 Å². The van der Waals surface area contributed by atoms with E-state index >= 15 is 0 Å². The third kappa shape index (κ3) is 3.46. The molecule has 0 aliphatic rings. The van der Waals surface area contributed by atoms with Gasteiger partial charge in [-0.1, -0.05) is 23.7 Å². The quantitative estimate of drug-likeness (QED) is 0.866. The van der Waals surface area contributed by atoms with Crippen molar-refractivity contribution in [2.75, 3.05) is 11.9 Å². The third-order valence-electron chi connectivity index (χ3n) is 2.10. The fourth-order valence-corrected chi connectivity index (χ4v) is 1.47. The first-order valence-electron chi connectivity index (χ1n) is 5.28. The summed E-state index contributed by atoms with van der Waals surface area (Å²) in [6, 6.07) is 7.10. The molecule has 0 unspecified atom stereocenters. The van der Waals surface area contributed by atoms with Crippen LogP contribution in [0.15, 0.2) is 30.6 Å². The fourth-order valence-electron chi connectivity index (χ4n) is 1.28. The number of hydrogen-bond donors (Lipinski definition) is 2. The number of carbonyl (C=O) groups is 1. The maximum atomic E-state index is 11.5. The molecule has 2 rings (SSSR count). The van der Waals surface area contributed by atoms with Crippen molar-refractivity contribution in [3.05, 3.63) is 35.6 Å². The summed E-state index contributed by atoms with van der Waals surface area (Å²) in [6.07, 6.45) is 1.52. The minimum atomic E-state index is -0.209. The van der Waals surface area contributed by atoms with E-state index in [1.807, 2.05) is 12.1 Å². The average Bonchev–Trinajstić information content (AvgIpc) is 2.84. The van der Waals surface area contributed by atoms with Crippen LogP contribution in [0.4, 0.5) is 5.95 Å². The van der Waals surface area contributed by atoms with Gasteiger partial charge in [0.1, 0.15) is 12.1 Å². The van der Waals surface area contributed by atoms with Gasteiger partial charge in [0, 0.05) is 0 Å². The summed E-state index contributed by atoms with van der Waals surface area (Å²) >= 11 is 5.91. The van der Waals surface area contributed by atoms with Gasteiger partial charge in [0.15, 0.2) is 0 Å². The van der Waals surface area contributed by atoms with Crippen molar-refractivity contribution in [3.8, 4) is 5.75 Å². The van der Waals surface area contributed by atoms with Crippen LogP contribution in [0.5, 0.6) is 5.75 Å². The van der Waals surface area contributed by atoms with Gasteiger partial charge in [-0.3, -0.25) is 10.1 Å². The van der Waals surface area contributed by atoms with Crippen LogP contribution in [0, 0.1) is 0 Å². The molecule has 0 aliphatic heterocycles. The van der Waals surface area contributed by atoms with E-state index in [0.717, 1.165) is 0 Å². The number of nitrogens with zero attached hydrogens (tertiary/aromatic N) is 2. The van der Waals surface area contributed by atoms with Crippen molar-refractivity contribution in [1.82, 2.24) is 15.2 Å². The van der Waals surface area contributed by atoms with E-state index in [1.54, 1.807) is 12.1 Å². The van der Waals surface area contributed by atoms with E-state index in [1.165, 1.54) is 6.33 Å². The summed E-state index contributed by atoms with van der Waals surface area (Å²) in [7, 11) is 0. The Bertz CT molecular complexity index is 516. The van der Waals surface area contributed by atoms with Crippen molar-refractivity contribution in [2.24, 2.45) is 0 Å². The molecule has 1 heterocycles. The van der Waals surface area contributed by atoms with Gasteiger partial charge >= 0.3 is 0 Å². The molecule has 1 aromatic carbocycles. The summed E-state index contributed by atoms with van der Waals surface area (Å²) in [5.41, 5.74) is 0. The molecule has 0 atom stereocenters. The number of para-hydroxylation sites is 1. The van der Waals surface area contributed by atoms with Gasteiger partial charge in [0.2, 0.25) is 11.9 Å². The predicted octanol–water partition coefficient (Wildman–Crippen LogP) is 1.87. The van der Waals surface area contributed by atoms with Crippen LogP contribution in [0.3, 0.4) is 0 Å². The second kappa shape index (κ2) is 6.02. The first-order valence-corrected chi connectivity index (χ1v) is 5.66. The highest BCUT2D eigenvalue weighted by Gasteiger charge is 2.05. The average molecular weight is 267 g/mol. The van der Waals surface area contributed by atoms with Gasteiger partial charge in [-0.25, -0.2) is 5.10 Å². The zero-order valence-corrected chi connectivity index (χ0v) is 10.1. The molecule has 18 heavy (non-hydrogen) atoms. The van der Waals surface area contributed by atoms with Crippen LogP contribution >= 0.6 is 11.6 Å². The van der Waals surface area contributed by atoms with E-state index < -0.39 is 0 Å². The number of benzene rings is 1. The maximum Gasteiger partial charge on any atom is 0.230 e. The molecule has 0 radical (unpaired) electrons. The Balaban J connectivity index is 1.75. The molecule has 2 aromatic rings. The van der Waals surface area contributed by atoms with Crippen molar-refractivity contribution in [1.29, 1.82) is 0 Å². The monoisotopic (exact) mass is 266 g/mol. The molecule has 2 N–H and O–H groups in total. The number of nitrogens with one attached hydrogen (secondary N) is 2. The third-order valence-corrected chi connectivity index (χ3v) is 2.41. The van der Waals surface area contributed by atoms with Gasteiger partial charge in [0.25, 0.3) is 0 Å². The topological polar surface area (TPSA) is 79.9 Å². The number of H-pyrrole nitrogens is 1. The molecular weight excluding hydrogens is 256 g/mol. The molecule has 0 fully saturated rings. The fraction of sp³-hybridized carbons (Fsp3) is 0.182. The number of amides is 1. The molecule has 1 aromatic heterocycles. The second-order valence-corrected chi connectivity index (χ2v) is 3.82. The lowest BCUT2D eigenvalue weighted by Gasteiger charge is -2.07. The molecule has 7 heteroatoms. The molecular formula is C11H11ClN4O2. The zero-order valence-electron chi connectivity index (χ0n) is 9.39. The Morgan fingerprint density at radius 1 is 1.44 bits per heavy atom. The lowest BCUT2D eigenvalue weighted by Crippen LogP contribution is -2.16. The highest BCUT2D eigenvalue weighted by atomic mass is 35.5. The molecule has 0 aliphatic carbocycles. The first kappa shape index (κ1) is 12.4. The van der Waals surface area contributed by atoms with Gasteiger partial charge in [-0.2, -0.15) is 10.1 Å². The molecule has 0 saturated heterocycles. The highest BCUT2D eigenvalue weighted by Crippen LogP contribution is 2.22. The summed E-state index contributed by atoms with van der Waals surface area (Å²) in [5.74, 6) is 0.670. The van der Waals surface area contributed by atoms with E-state index in [0.29, 0.717) is 16.7 Å². The van der Waals surface area contributed by atoms with Crippen LogP contribution in [0.1, 0.15) is 6.42 Å². The Morgan fingerprint density at radius 2 is 2.28 bits per heavy atom. The molecule has 1 amide bonds. The molecule has 0 bridgehead atoms. The highest BCUT2D eigenvalue weighted by molar-refractivity contribution is 6.32. The second-order valence-electron chi connectivity index (χ2n) is 3.41. The van der Waals surface area contributed by atoms with Crippen LogP contribution in [0.25, 0.3) is 0 Å². The number of aromatic amines is 1. The predicted molar refractivity (Wildman–Crippen MR) is 66.6 cm³/mol. The van der Waals surface area contributed by atoms with Gasteiger partial charge in [0.05, 0.1) is 18.1 Å². The van der Waals surface area contributed by atoms with Crippen molar-refractivity contribution in [2.45, 2.75) is 6.42 Å². The van der Waals surface area contributed by atoms with E-state index in [2.05, 4.69) is 20.5 Å². The molecule has 94 valence electrons. The lowest BCUT2D eigenvalue weighted by atomic mass is 10.3. The van der Waals surface area contributed by atoms with Crippen molar-refractivity contribution < 1.29 is 9.53 Å². The Morgan fingerprint density at radius 3 is 3.00 bits per heavy atom. The van der Waals surface area contributed by atoms with Gasteiger partial charge in [-0.05, 0) is 12.1 Å². The lowest BCUT2D eigenvalue weighted by molar-refractivity contribution is -0.116. The Hall–Kier alpha value is -2.08. The number of ether oxygens (including phenoxy) is 1. The number of carbonyl (C=O) groups excluding carboxylic acids is 1. The van der Waals surface area contributed by atoms with Gasteiger partial charge in [-0.15, -0.1) is 0 Å². The van der Waals surface area contributed by atoms with Gasteiger partial charge < -0.3 is 4.74 Å². The molecule has 0 spiro atoms. The smallest absolute Gasteiger partial charge is 0.230 e. The number of hydrogen-bond acceptors (Lipinski definition) is 4. The summed E-state index contributed by atoms with van der Waals surface area (Å²) < 4.78 is 5.39. The number of aromatic nitrogens is 3. The maximum absolute atomic E-state index is 11.5. The summed E-state index contributed by atoms with van der Waals surface area (Å²) in [4.78, 5) is 15.2. The number of rotatable bonds is 5. The Kier molecular flexibility index (Phi) is 4.14. The number of anilines is 1. The van der Waals surface area contributed by atoms with Crippen LogP contribution in [0.2, 0.25) is 5.02 Å². The van der Waals surface area contributed by atoms with E-state index in [9.17, 15) is 4.79 Å². The Labute approximate surface area is 108 Å². The number of halogens is 1. The molecule has 0 saturated carbocycles. The largest absolute Gasteiger partial charge is 0.491 e. The molecule has 6 nitrogen and oxygen atoms in total. The zero-order chi connectivity index (χ0) is 12.8. The van der Waals surface area contributed by atoms with Crippen molar-refractivity contribution >= 4 is 23.5 Å².